The van der Waals surface area contributed by atoms with E-state index in [1.807, 2.05) is 6.92 Å². The Hall–Kier alpha value is -1.06. The van der Waals surface area contributed by atoms with Crippen LogP contribution in [0.1, 0.15) is 19.4 Å². The van der Waals surface area contributed by atoms with Gasteiger partial charge in [-0.3, -0.25) is 0 Å². The van der Waals surface area contributed by atoms with Crippen molar-refractivity contribution in [3.05, 3.63) is 29.8 Å². The number of nitrogens with zero attached hydrogens (tertiary/aromatic N) is 1. The molecule has 0 radical (unpaired) electrons. The summed E-state index contributed by atoms with van der Waals surface area (Å²) >= 11 is 0. The maximum Gasteiger partial charge on any atom is 0.0627 e. The van der Waals surface area contributed by atoms with Crippen LogP contribution in [0.2, 0.25) is 0 Å². The van der Waals surface area contributed by atoms with Crippen LogP contribution >= 0.6 is 0 Å². The highest BCUT2D eigenvalue weighted by Gasteiger charge is 2.23. The number of aliphatic hydroxyl groups excluding tert-OH is 1. The van der Waals surface area contributed by atoms with Gasteiger partial charge < -0.3 is 15.3 Å². The Kier molecular flexibility index (Phi) is 4.97. The molecular weight excluding hydrogens is 212 g/mol. The number of likely N-dealkylation sites (N-methyl/N-ethyl adjacent to an activating group) is 2. The highest BCUT2D eigenvalue weighted by atomic mass is 16.3. The molecule has 0 aliphatic carbocycles. The van der Waals surface area contributed by atoms with Gasteiger partial charge in [0.05, 0.1) is 12.1 Å². The van der Waals surface area contributed by atoms with Gasteiger partial charge >= 0.3 is 0 Å². The van der Waals surface area contributed by atoms with Gasteiger partial charge in [-0.25, -0.2) is 0 Å². The van der Waals surface area contributed by atoms with Gasteiger partial charge in [-0.1, -0.05) is 24.6 Å². The zero-order chi connectivity index (χ0) is 12.9. The Bertz CT molecular complexity index is 337. The van der Waals surface area contributed by atoms with Crippen molar-refractivity contribution in [2.45, 2.75) is 26.3 Å². The molecular formula is C14H24N2O. The van der Waals surface area contributed by atoms with Gasteiger partial charge in [0.1, 0.15) is 0 Å². The number of hydrogen-bond donors (Lipinski definition) is 2. The zero-order valence-corrected chi connectivity index (χ0v) is 11.3. The van der Waals surface area contributed by atoms with E-state index in [-0.39, 0.29) is 12.1 Å². The molecule has 0 spiro atoms. The van der Waals surface area contributed by atoms with Crippen molar-refractivity contribution in [1.29, 1.82) is 0 Å². The van der Waals surface area contributed by atoms with Crippen LogP contribution in [0.5, 0.6) is 0 Å². The van der Waals surface area contributed by atoms with Crippen LogP contribution in [0, 0.1) is 6.92 Å². The highest BCUT2D eigenvalue weighted by Crippen LogP contribution is 2.16. The van der Waals surface area contributed by atoms with Crippen molar-refractivity contribution >= 4 is 5.69 Å². The average molecular weight is 236 g/mol. The summed E-state index contributed by atoms with van der Waals surface area (Å²) in [5, 5.41) is 12.8. The Morgan fingerprint density at radius 3 is 2.35 bits per heavy atom. The lowest BCUT2D eigenvalue weighted by Gasteiger charge is -2.34. The largest absolute Gasteiger partial charge is 0.394 e. The standard InChI is InChI=1S/C14H24N2O/c1-5-15-14(3,11-17)10-16(4)13-8-6-12(2)7-9-13/h6-9,15,17H,5,10-11H2,1-4H3. The predicted octanol–water partition coefficient (Wildman–Crippen LogP) is 1.79. The van der Waals surface area contributed by atoms with Crippen LogP contribution < -0.4 is 10.2 Å². The maximum atomic E-state index is 9.47. The minimum absolute atomic E-state index is 0.136. The normalized spacial score (nSPS) is 14.4. The number of benzene rings is 1. The third kappa shape index (κ3) is 4.02. The van der Waals surface area contributed by atoms with Crippen LogP contribution in [0.15, 0.2) is 24.3 Å². The molecule has 0 aromatic heterocycles. The van der Waals surface area contributed by atoms with Crippen LogP contribution in [-0.2, 0) is 0 Å². The van der Waals surface area contributed by atoms with Crippen LogP contribution in [0.25, 0.3) is 0 Å². The van der Waals surface area contributed by atoms with Crippen LogP contribution in [-0.4, -0.2) is 37.4 Å². The van der Waals surface area contributed by atoms with E-state index in [1.165, 1.54) is 11.3 Å². The number of rotatable bonds is 6. The number of anilines is 1. The molecule has 3 heteroatoms. The molecule has 0 bridgehead atoms. The number of aryl methyl sites for hydroxylation is 1. The molecule has 1 aromatic carbocycles. The molecule has 2 N–H and O–H groups in total. The first kappa shape index (κ1) is 14.0. The maximum absolute atomic E-state index is 9.47. The van der Waals surface area contributed by atoms with Gasteiger partial charge in [-0.05, 0) is 32.5 Å². The summed E-state index contributed by atoms with van der Waals surface area (Å²) in [5.74, 6) is 0. The minimum Gasteiger partial charge on any atom is -0.394 e. The zero-order valence-electron chi connectivity index (χ0n) is 11.3. The molecule has 0 heterocycles. The Labute approximate surface area is 104 Å². The molecule has 1 unspecified atom stereocenters. The molecule has 0 fully saturated rings. The fourth-order valence-corrected chi connectivity index (χ4v) is 2.00. The molecule has 0 saturated heterocycles. The lowest BCUT2D eigenvalue weighted by molar-refractivity contribution is 0.181. The summed E-state index contributed by atoms with van der Waals surface area (Å²) in [6.07, 6.45) is 0. The average Bonchev–Trinajstić information content (AvgIpc) is 2.30. The summed E-state index contributed by atoms with van der Waals surface area (Å²) in [6, 6.07) is 8.43. The van der Waals surface area contributed by atoms with E-state index in [9.17, 15) is 5.11 Å². The Balaban J connectivity index is 2.70. The number of hydrogen-bond acceptors (Lipinski definition) is 3. The molecule has 0 amide bonds. The lowest BCUT2D eigenvalue weighted by atomic mass is 10.0. The van der Waals surface area contributed by atoms with E-state index in [4.69, 9.17) is 0 Å². The molecule has 0 aliphatic rings. The van der Waals surface area contributed by atoms with Crippen molar-refractivity contribution in [1.82, 2.24) is 5.32 Å². The number of nitrogens with one attached hydrogen (secondary N) is 1. The second-order valence-corrected chi connectivity index (χ2v) is 4.94. The van der Waals surface area contributed by atoms with Gasteiger partial charge in [0.25, 0.3) is 0 Å². The van der Waals surface area contributed by atoms with Crippen molar-refractivity contribution in [2.24, 2.45) is 0 Å². The summed E-state index contributed by atoms with van der Waals surface area (Å²) in [7, 11) is 2.05. The third-order valence-electron chi connectivity index (χ3n) is 3.01. The fourth-order valence-electron chi connectivity index (χ4n) is 2.00. The van der Waals surface area contributed by atoms with Gasteiger partial charge in [0, 0.05) is 19.3 Å². The molecule has 96 valence electrons. The van der Waals surface area contributed by atoms with E-state index in [2.05, 4.69) is 55.4 Å². The Morgan fingerprint density at radius 1 is 1.29 bits per heavy atom. The number of aliphatic hydroxyl groups is 1. The van der Waals surface area contributed by atoms with Crippen molar-refractivity contribution < 1.29 is 5.11 Å². The first-order valence-electron chi connectivity index (χ1n) is 6.14. The van der Waals surface area contributed by atoms with Gasteiger partial charge in [0.15, 0.2) is 0 Å². The SMILES string of the molecule is CCNC(C)(CO)CN(C)c1ccc(C)cc1. The first-order chi connectivity index (χ1) is 8.00. The third-order valence-corrected chi connectivity index (χ3v) is 3.01. The first-order valence-corrected chi connectivity index (χ1v) is 6.14. The van der Waals surface area contributed by atoms with E-state index in [0.717, 1.165) is 13.1 Å². The second kappa shape index (κ2) is 6.03. The Morgan fingerprint density at radius 2 is 1.88 bits per heavy atom. The van der Waals surface area contributed by atoms with Crippen molar-refractivity contribution in [3.8, 4) is 0 Å². The second-order valence-electron chi connectivity index (χ2n) is 4.94. The van der Waals surface area contributed by atoms with Crippen LogP contribution in [0.3, 0.4) is 0 Å². The van der Waals surface area contributed by atoms with Gasteiger partial charge in [0.2, 0.25) is 0 Å². The molecule has 3 nitrogen and oxygen atoms in total. The molecule has 1 aromatic rings. The summed E-state index contributed by atoms with van der Waals surface area (Å²) < 4.78 is 0. The molecule has 0 aliphatic heterocycles. The summed E-state index contributed by atoms with van der Waals surface area (Å²) in [5.41, 5.74) is 2.18. The smallest absolute Gasteiger partial charge is 0.0627 e. The summed E-state index contributed by atoms with van der Waals surface area (Å²) in [4.78, 5) is 2.16. The van der Waals surface area contributed by atoms with Crippen molar-refractivity contribution in [2.75, 3.05) is 31.6 Å². The van der Waals surface area contributed by atoms with Crippen LogP contribution in [0.4, 0.5) is 5.69 Å². The van der Waals surface area contributed by atoms with Crippen molar-refractivity contribution in [3.63, 3.8) is 0 Å². The molecule has 17 heavy (non-hydrogen) atoms. The summed E-state index contributed by atoms with van der Waals surface area (Å²) in [6.45, 7) is 7.96. The molecule has 1 rings (SSSR count). The van der Waals surface area contributed by atoms with E-state index in [1.54, 1.807) is 0 Å². The lowest BCUT2D eigenvalue weighted by Crippen LogP contribution is -2.53. The predicted molar refractivity (Wildman–Crippen MR) is 73.6 cm³/mol. The van der Waals surface area contributed by atoms with Gasteiger partial charge in [-0.15, -0.1) is 0 Å². The van der Waals surface area contributed by atoms with E-state index >= 15 is 0 Å². The highest BCUT2D eigenvalue weighted by molar-refractivity contribution is 5.47. The monoisotopic (exact) mass is 236 g/mol. The fraction of sp³-hybridized carbons (Fsp3) is 0.571. The minimum atomic E-state index is -0.256. The topological polar surface area (TPSA) is 35.5 Å². The van der Waals surface area contributed by atoms with E-state index in [0.29, 0.717) is 0 Å². The van der Waals surface area contributed by atoms with Gasteiger partial charge in [-0.2, -0.15) is 0 Å². The molecule has 0 saturated carbocycles. The molecule has 1 atom stereocenters. The quantitative estimate of drug-likeness (QED) is 0.790. The van der Waals surface area contributed by atoms with E-state index < -0.39 is 0 Å².